The Morgan fingerprint density at radius 1 is 1.24 bits per heavy atom. The summed E-state index contributed by atoms with van der Waals surface area (Å²) in [6, 6.07) is 6.45. The van der Waals surface area contributed by atoms with E-state index in [0.717, 1.165) is 34.3 Å². The molecule has 1 aliphatic rings. The first-order valence-electron chi connectivity index (χ1n) is 11.4. The predicted octanol–water partition coefficient (Wildman–Crippen LogP) is 3.67. The van der Waals surface area contributed by atoms with E-state index in [4.69, 9.17) is 4.98 Å². The number of nitrogens with zero attached hydrogens (tertiary/aromatic N) is 4. The molecule has 1 aliphatic heterocycles. The summed E-state index contributed by atoms with van der Waals surface area (Å²) in [5.41, 5.74) is 4.28. The maximum atomic E-state index is 12.7. The molecule has 2 N–H and O–H groups in total. The smallest absolute Gasteiger partial charge is 0.262 e. The van der Waals surface area contributed by atoms with Crippen LogP contribution in [0.1, 0.15) is 56.0 Å². The molecule has 3 heterocycles. The van der Waals surface area contributed by atoms with Gasteiger partial charge in [-0.3, -0.25) is 14.5 Å². The minimum Gasteiger partial charge on any atom is -0.326 e. The highest BCUT2D eigenvalue weighted by Gasteiger charge is 2.19. The fourth-order valence-electron chi connectivity index (χ4n) is 4.18. The molecule has 0 saturated heterocycles. The monoisotopic (exact) mass is 482 g/mol. The number of fused-ring (bicyclic) bond motifs is 1. The van der Waals surface area contributed by atoms with E-state index in [1.165, 1.54) is 12.1 Å². The molecule has 34 heavy (non-hydrogen) atoms. The standard InChI is InChI=1S/C24H30N6O3S/c1-15(2)30-24-21(14-26-30)16(3)20(17(4)27-24)10-11-23(31)28-18-7-5-8-19(13-18)34(32,33)29-22-9-6-12-25-22/h5,7-8,13-15H,6,9-12H2,1-4H3,(H,25,29)(H,28,31). The van der Waals surface area contributed by atoms with Crippen molar-refractivity contribution in [3.05, 3.63) is 47.3 Å². The van der Waals surface area contributed by atoms with Gasteiger partial charge in [0.25, 0.3) is 10.0 Å². The summed E-state index contributed by atoms with van der Waals surface area (Å²) in [5.74, 6) is 0.282. The Hall–Kier alpha value is -3.27. The number of sulfonamides is 1. The lowest BCUT2D eigenvalue weighted by Crippen LogP contribution is -2.29. The Kier molecular flexibility index (Phi) is 6.70. The molecule has 0 spiro atoms. The van der Waals surface area contributed by atoms with Gasteiger partial charge in [-0.25, -0.2) is 18.1 Å². The number of amidine groups is 1. The number of pyridine rings is 1. The molecule has 0 unspecified atom stereocenters. The number of aryl methyl sites for hydroxylation is 2. The number of anilines is 1. The Bertz CT molecular complexity index is 1370. The lowest BCUT2D eigenvalue weighted by atomic mass is 10.0. The van der Waals surface area contributed by atoms with Gasteiger partial charge in [-0.1, -0.05) is 6.07 Å². The zero-order chi connectivity index (χ0) is 24.5. The normalized spacial score (nSPS) is 14.0. The molecule has 0 bridgehead atoms. The number of amides is 1. The lowest BCUT2D eigenvalue weighted by Gasteiger charge is -2.13. The fraction of sp³-hybridized carbons (Fsp3) is 0.417. The second kappa shape index (κ2) is 9.54. The number of hydrogen-bond donors (Lipinski definition) is 2. The fourth-order valence-corrected chi connectivity index (χ4v) is 5.31. The van der Waals surface area contributed by atoms with Crippen LogP contribution in [0.5, 0.6) is 0 Å². The SMILES string of the molecule is Cc1nc2c(cnn2C(C)C)c(C)c1CCC(=O)Nc1cccc(S(=O)(=O)NC2=NCCC2)c1. The Morgan fingerprint density at radius 2 is 2.03 bits per heavy atom. The van der Waals surface area contributed by atoms with E-state index in [1.807, 2.05) is 24.7 Å². The molecule has 0 aliphatic carbocycles. The number of nitrogens with one attached hydrogen (secondary N) is 2. The van der Waals surface area contributed by atoms with E-state index in [9.17, 15) is 13.2 Å². The van der Waals surface area contributed by atoms with Crippen molar-refractivity contribution in [1.82, 2.24) is 19.5 Å². The summed E-state index contributed by atoms with van der Waals surface area (Å²) >= 11 is 0. The minimum atomic E-state index is -3.74. The molecular weight excluding hydrogens is 452 g/mol. The van der Waals surface area contributed by atoms with Gasteiger partial charge < -0.3 is 5.32 Å². The quantitative estimate of drug-likeness (QED) is 0.533. The van der Waals surface area contributed by atoms with Crippen LogP contribution >= 0.6 is 0 Å². The van der Waals surface area contributed by atoms with Crippen LogP contribution in [-0.2, 0) is 21.2 Å². The second-order valence-corrected chi connectivity index (χ2v) is 10.5. The van der Waals surface area contributed by atoms with Gasteiger partial charge in [0.15, 0.2) is 5.65 Å². The third-order valence-corrected chi connectivity index (χ3v) is 7.36. The van der Waals surface area contributed by atoms with Gasteiger partial charge in [0.1, 0.15) is 5.84 Å². The second-order valence-electron chi connectivity index (χ2n) is 8.83. The van der Waals surface area contributed by atoms with Crippen molar-refractivity contribution < 1.29 is 13.2 Å². The molecule has 0 radical (unpaired) electrons. The average molecular weight is 483 g/mol. The summed E-state index contributed by atoms with van der Waals surface area (Å²) in [5, 5.41) is 8.27. The summed E-state index contributed by atoms with van der Waals surface area (Å²) in [4.78, 5) is 21.7. The van der Waals surface area contributed by atoms with Gasteiger partial charge in [-0.2, -0.15) is 5.10 Å². The number of carbonyl (C=O) groups is 1. The largest absolute Gasteiger partial charge is 0.326 e. The van der Waals surface area contributed by atoms with Gasteiger partial charge in [-0.05, 0) is 69.9 Å². The van der Waals surface area contributed by atoms with E-state index in [2.05, 4.69) is 34.0 Å². The van der Waals surface area contributed by atoms with Crippen molar-refractivity contribution in [2.75, 3.05) is 11.9 Å². The first-order valence-corrected chi connectivity index (χ1v) is 12.9. The van der Waals surface area contributed by atoms with Gasteiger partial charge >= 0.3 is 0 Å². The minimum absolute atomic E-state index is 0.0865. The Morgan fingerprint density at radius 3 is 2.74 bits per heavy atom. The number of aliphatic imine (C=N–C) groups is 1. The average Bonchev–Trinajstić information content (AvgIpc) is 3.43. The molecular formula is C24H30N6O3S. The molecule has 0 saturated carbocycles. The number of hydrogen-bond acceptors (Lipinski definition) is 6. The molecule has 0 atom stereocenters. The van der Waals surface area contributed by atoms with Crippen molar-refractivity contribution in [1.29, 1.82) is 0 Å². The molecule has 1 aromatic carbocycles. The first kappa shape index (κ1) is 23.9. The van der Waals surface area contributed by atoms with Crippen molar-refractivity contribution in [3.8, 4) is 0 Å². The molecule has 4 rings (SSSR count). The van der Waals surface area contributed by atoms with Crippen molar-refractivity contribution >= 4 is 38.5 Å². The van der Waals surface area contributed by atoms with Gasteiger partial charge in [-0.15, -0.1) is 0 Å². The Labute approximate surface area is 199 Å². The number of rotatable bonds is 7. The maximum Gasteiger partial charge on any atom is 0.262 e. The molecule has 180 valence electrons. The van der Waals surface area contributed by atoms with Gasteiger partial charge in [0.05, 0.1) is 11.1 Å². The maximum absolute atomic E-state index is 12.7. The Balaban J connectivity index is 1.45. The van der Waals surface area contributed by atoms with Crippen LogP contribution in [0.2, 0.25) is 0 Å². The van der Waals surface area contributed by atoms with Crippen LogP contribution in [0.4, 0.5) is 5.69 Å². The van der Waals surface area contributed by atoms with Crippen molar-refractivity contribution in [2.45, 2.75) is 64.3 Å². The highest BCUT2D eigenvalue weighted by Crippen LogP contribution is 2.25. The zero-order valence-corrected chi connectivity index (χ0v) is 20.7. The molecule has 0 fully saturated rings. The molecule has 10 heteroatoms. The van der Waals surface area contributed by atoms with Crippen LogP contribution in [0, 0.1) is 13.8 Å². The number of aromatic nitrogens is 3. The highest BCUT2D eigenvalue weighted by molar-refractivity contribution is 7.90. The van der Waals surface area contributed by atoms with E-state index in [-0.39, 0.29) is 23.3 Å². The predicted molar refractivity (Wildman–Crippen MR) is 133 cm³/mol. The number of carbonyl (C=O) groups excluding carboxylic acids is 1. The van der Waals surface area contributed by atoms with Crippen LogP contribution in [-0.4, -0.2) is 41.5 Å². The van der Waals surface area contributed by atoms with Crippen molar-refractivity contribution in [2.24, 2.45) is 4.99 Å². The third kappa shape index (κ3) is 4.96. The van der Waals surface area contributed by atoms with Crippen LogP contribution in [0.25, 0.3) is 11.0 Å². The van der Waals surface area contributed by atoms with Crippen LogP contribution < -0.4 is 10.0 Å². The molecule has 3 aromatic rings. The summed E-state index contributed by atoms with van der Waals surface area (Å²) in [6.07, 6.45) is 4.07. The summed E-state index contributed by atoms with van der Waals surface area (Å²) in [6.45, 7) is 8.75. The lowest BCUT2D eigenvalue weighted by molar-refractivity contribution is -0.116. The van der Waals surface area contributed by atoms with E-state index in [1.54, 1.807) is 12.1 Å². The van der Waals surface area contributed by atoms with Crippen molar-refractivity contribution in [3.63, 3.8) is 0 Å². The van der Waals surface area contributed by atoms with Crippen LogP contribution in [0.3, 0.4) is 0 Å². The van der Waals surface area contributed by atoms with E-state index >= 15 is 0 Å². The van der Waals surface area contributed by atoms with E-state index in [0.29, 0.717) is 30.9 Å². The van der Waals surface area contributed by atoms with Gasteiger partial charge in [0, 0.05) is 42.2 Å². The van der Waals surface area contributed by atoms with Crippen LogP contribution in [0.15, 0.2) is 40.4 Å². The topological polar surface area (TPSA) is 118 Å². The number of benzene rings is 1. The summed E-state index contributed by atoms with van der Waals surface area (Å²) in [7, 11) is -3.74. The zero-order valence-electron chi connectivity index (χ0n) is 19.9. The summed E-state index contributed by atoms with van der Waals surface area (Å²) < 4.78 is 29.7. The molecule has 2 aromatic heterocycles. The van der Waals surface area contributed by atoms with E-state index < -0.39 is 10.0 Å². The highest BCUT2D eigenvalue weighted by atomic mass is 32.2. The third-order valence-electron chi connectivity index (χ3n) is 5.98. The first-order chi connectivity index (χ1) is 16.2. The molecule has 1 amide bonds. The van der Waals surface area contributed by atoms with Gasteiger partial charge in [0.2, 0.25) is 5.91 Å². The molecule has 9 nitrogen and oxygen atoms in total.